The lowest BCUT2D eigenvalue weighted by Gasteiger charge is -2.31. The SMILES string of the molecule is C1=CC2=C(CC1)NC(c1cccc3sc4cc(-c5cccc6sc7cc(-n8c9ccccc9c9ccccc98)ccc7c56)ccc4c13)C=C2c1ccccc1. The first kappa shape index (κ1) is 31.2. The molecule has 12 rings (SSSR count). The summed E-state index contributed by atoms with van der Waals surface area (Å²) in [6, 6.07) is 56.4. The van der Waals surface area contributed by atoms with E-state index in [9.17, 15) is 0 Å². The van der Waals surface area contributed by atoms with Crippen LogP contribution in [0.3, 0.4) is 0 Å². The Kier molecular flexibility index (Phi) is 6.89. The topological polar surface area (TPSA) is 17.0 Å². The van der Waals surface area contributed by atoms with Gasteiger partial charge >= 0.3 is 0 Å². The molecule has 3 aromatic heterocycles. The van der Waals surface area contributed by atoms with Crippen molar-refractivity contribution in [3.63, 3.8) is 0 Å². The second-order valence-corrected chi connectivity index (χ2v) is 16.9. The van der Waals surface area contributed by atoms with Gasteiger partial charge in [-0.05, 0) is 89.2 Å². The van der Waals surface area contributed by atoms with Crippen LogP contribution in [-0.4, -0.2) is 4.57 Å². The fourth-order valence-corrected chi connectivity index (χ4v) is 11.6. The van der Waals surface area contributed by atoms with E-state index in [4.69, 9.17) is 0 Å². The molecule has 55 heavy (non-hydrogen) atoms. The lowest BCUT2D eigenvalue weighted by atomic mass is 9.85. The molecule has 1 atom stereocenters. The highest BCUT2D eigenvalue weighted by Gasteiger charge is 2.26. The van der Waals surface area contributed by atoms with E-state index in [-0.39, 0.29) is 6.04 Å². The summed E-state index contributed by atoms with van der Waals surface area (Å²) in [5, 5.41) is 11.9. The molecule has 0 bridgehead atoms. The minimum atomic E-state index is 0.0972. The Bertz CT molecular complexity index is 3240. The normalized spacial score (nSPS) is 15.8. The lowest BCUT2D eigenvalue weighted by molar-refractivity contribution is 0.665. The second-order valence-electron chi connectivity index (χ2n) is 14.8. The monoisotopic (exact) mass is 738 g/mol. The number of rotatable bonds is 4. The fourth-order valence-electron chi connectivity index (χ4n) is 9.26. The van der Waals surface area contributed by atoms with Gasteiger partial charge in [-0.2, -0.15) is 0 Å². The predicted octanol–water partition coefficient (Wildman–Crippen LogP) is 14.5. The Morgan fingerprint density at radius 1 is 0.545 bits per heavy atom. The van der Waals surface area contributed by atoms with Crippen LogP contribution in [0.1, 0.15) is 30.0 Å². The van der Waals surface area contributed by atoms with E-state index in [1.807, 2.05) is 22.7 Å². The third-order valence-electron chi connectivity index (χ3n) is 11.7. The zero-order valence-electron chi connectivity index (χ0n) is 29.9. The molecule has 0 saturated carbocycles. The van der Waals surface area contributed by atoms with Gasteiger partial charge in [0.2, 0.25) is 0 Å². The summed E-state index contributed by atoms with van der Waals surface area (Å²) in [6.45, 7) is 0. The lowest BCUT2D eigenvalue weighted by Crippen LogP contribution is -2.25. The van der Waals surface area contributed by atoms with Crippen LogP contribution in [0.25, 0.3) is 84.5 Å². The number of nitrogens with zero attached hydrogens (tertiary/aromatic N) is 1. The first-order chi connectivity index (χ1) is 27.3. The summed E-state index contributed by atoms with van der Waals surface area (Å²) < 4.78 is 7.71. The summed E-state index contributed by atoms with van der Waals surface area (Å²) >= 11 is 3.80. The molecule has 0 radical (unpaired) electrons. The first-order valence-corrected chi connectivity index (χ1v) is 20.7. The van der Waals surface area contributed by atoms with Crippen LogP contribution in [0, 0.1) is 0 Å². The molecule has 0 spiro atoms. The number of thiophene rings is 2. The van der Waals surface area contributed by atoms with Gasteiger partial charge in [-0.3, -0.25) is 0 Å². The minimum Gasteiger partial charge on any atom is -0.377 e. The Balaban J connectivity index is 0.976. The molecule has 7 aromatic carbocycles. The van der Waals surface area contributed by atoms with E-state index < -0.39 is 0 Å². The third-order valence-corrected chi connectivity index (χ3v) is 13.9. The van der Waals surface area contributed by atoms with Crippen LogP contribution in [0.4, 0.5) is 0 Å². The van der Waals surface area contributed by atoms with E-state index in [0.717, 1.165) is 12.8 Å². The molecule has 10 aromatic rings. The molecule has 1 aliphatic carbocycles. The van der Waals surface area contributed by atoms with Gasteiger partial charge in [0, 0.05) is 68.1 Å². The van der Waals surface area contributed by atoms with E-state index in [1.165, 1.54) is 107 Å². The van der Waals surface area contributed by atoms with E-state index in [0.29, 0.717) is 0 Å². The van der Waals surface area contributed by atoms with E-state index in [2.05, 4.69) is 180 Å². The number of nitrogens with one attached hydrogen (secondary N) is 1. The molecule has 0 amide bonds. The molecule has 4 heterocycles. The number of para-hydroxylation sites is 2. The maximum absolute atomic E-state index is 3.98. The second kappa shape index (κ2) is 12.2. The van der Waals surface area contributed by atoms with Gasteiger partial charge in [0.05, 0.1) is 17.1 Å². The highest BCUT2D eigenvalue weighted by atomic mass is 32.1. The summed E-state index contributed by atoms with van der Waals surface area (Å²) in [5.74, 6) is 0. The minimum absolute atomic E-state index is 0.0972. The van der Waals surface area contributed by atoms with E-state index in [1.54, 1.807) is 0 Å². The molecule has 1 N–H and O–H groups in total. The Labute approximate surface area is 326 Å². The number of fused-ring (bicyclic) bond motifs is 9. The largest absolute Gasteiger partial charge is 0.377 e. The standard InChI is InChI=1S/C51H34N2S2/c1-2-12-31(13-3-1)41-30-43(52-42-19-7-4-14-35(41)42)38-18-11-23-47-51(38)39-26-24-32(28-48(39)54-47)34-17-10-22-46-50(34)40-27-25-33(29-49(40)55-46)53-44-20-8-5-15-36(44)37-16-6-9-21-45(37)53/h1-6,8-18,20-30,43,52H,7,19H2. The molecule has 1 aliphatic heterocycles. The summed E-state index contributed by atoms with van der Waals surface area (Å²) in [6.07, 6.45) is 9.19. The number of aromatic nitrogens is 1. The summed E-state index contributed by atoms with van der Waals surface area (Å²) in [5.41, 5.74) is 12.9. The van der Waals surface area contributed by atoms with Crippen molar-refractivity contribution in [1.82, 2.24) is 9.88 Å². The van der Waals surface area contributed by atoms with Crippen molar-refractivity contribution < 1.29 is 0 Å². The number of benzene rings is 7. The molecule has 2 aliphatic rings. The van der Waals surface area contributed by atoms with Gasteiger partial charge in [0.1, 0.15) is 0 Å². The number of hydrogen-bond donors (Lipinski definition) is 1. The quantitative estimate of drug-likeness (QED) is 0.190. The van der Waals surface area contributed by atoms with Crippen LogP contribution in [-0.2, 0) is 0 Å². The van der Waals surface area contributed by atoms with Crippen LogP contribution in [0.15, 0.2) is 181 Å². The smallest absolute Gasteiger partial charge is 0.0710 e. The van der Waals surface area contributed by atoms with Gasteiger partial charge in [0.25, 0.3) is 0 Å². The average molecular weight is 739 g/mol. The van der Waals surface area contributed by atoms with Crippen molar-refractivity contribution in [3.8, 4) is 16.8 Å². The number of dihydropyridines is 1. The molecule has 4 heteroatoms. The van der Waals surface area contributed by atoms with Crippen molar-refractivity contribution in [2.45, 2.75) is 18.9 Å². The predicted molar refractivity (Wildman–Crippen MR) is 238 cm³/mol. The van der Waals surface area contributed by atoms with Crippen LogP contribution >= 0.6 is 22.7 Å². The van der Waals surface area contributed by atoms with E-state index >= 15 is 0 Å². The molecule has 0 fully saturated rings. The van der Waals surface area contributed by atoms with Crippen molar-refractivity contribution in [1.29, 1.82) is 0 Å². The Hall–Kier alpha value is -6.20. The zero-order valence-corrected chi connectivity index (χ0v) is 31.6. The molecule has 1 unspecified atom stereocenters. The van der Waals surface area contributed by atoms with Crippen molar-refractivity contribution in [2.24, 2.45) is 0 Å². The van der Waals surface area contributed by atoms with Crippen molar-refractivity contribution in [3.05, 3.63) is 192 Å². The number of allylic oxidation sites excluding steroid dienone is 5. The fraction of sp³-hybridized carbons (Fsp3) is 0.0588. The first-order valence-electron chi connectivity index (χ1n) is 19.1. The van der Waals surface area contributed by atoms with Crippen molar-refractivity contribution >= 4 is 90.4 Å². The highest BCUT2D eigenvalue weighted by Crippen LogP contribution is 2.46. The average Bonchev–Trinajstić information content (AvgIpc) is 3.92. The molecule has 0 saturated heterocycles. The Morgan fingerprint density at radius 3 is 2.05 bits per heavy atom. The Morgan fingerprint density at radius 2 is 1.24 bits per heavy atom. The van der Waals surface area contributed by atoms with Gasteiger partial charge in [-0.25, -0.2) is 0 Å². The summed E-state index contributed by atoms with van der Waals surface area (Å²) in [7, 11) is 0. The van der Waals surface area contributed by atoms with Crippen LogP contribution < -0.4 is 5.32 Å². The van der Waals surface area contributed by atoms with Crippen LogP contribution in [0.2, 0.25) is 0 Å². The molecular formula is C51H34N2S2. The van der Waals surface area contributed by atoms with Gasteiger partial charge < -0.3 is 9.88 Å². The van der Waals surface area contributed by atoms with Gasteiger partial charge in [-0.1, -0.05) is 121 Å². The zero-order chi connectivity index (χ0) is 36.0. The molecule has 2 nitrogen and oxygen atoms in total. The number of hydrogen-bond acceptors (Lipinski definition) is 3. The third kappa shape index (κ3) is 4.78. The van der Waals surface area contributed by atoms with Gasteiger partial charge in [0.15, 0.2) is 0 Å². The van der Waals surface area contributed by atoms with Gasteiger partial charge in [-0.15, -0.1) is 22.7 Å². The maximum Gasteiger partial charge on any atom is 0.0710 e. The van der Waals surface area contributed by atoms with Crippen molar-refractivity contribution in [2.75, 3.05) is 0 Å². The molecule has 260 valence electrons. The summed E-state index contributed by atoms with van der Waals surface area (Å²) in [4.78, 5) is 0. The molecular weight excluding hydrogens is 705 g/mol. The van der Waals surface area contributed by atoms with Crippen LogP contribution in [0.5, 0.6) is 0 Å². The maximum atomic E-state index is 3.98. The highest BCUT2D eigenvalue weighted by molar-refractivity contribution is 7.26.